The second kappa shape index (κ2) is 11.8. The molecule has 3 aromatic rings. The number of carbonyl (C=O) groups excluding carboxylic acids is 1. The van der Waals surface area contributed by atoms with Crippen LogP contribution in [0.1, 0.15) is 29.2 Å². The first-order valence-electron chi connectivity index (χ1n) is 11.9. The van der Waals surface area contributed by atoms with Gasteiger partial charge in [-0.15, -0.1) is 0 Å². The van der Waals surface area contributed by atoms with Crippen molar-refractivity contribution >= 4 is 5.91 Å². The average molecular weight is 443 g/mol. The lowest BCUT2D eigenvalue weighted by atomic mass is 9.96. The van der Waals surface area contributed by atoms with E-state index in [9.17, 15) is 4.79 Å². The standard InChI is InChI=1S/C28H34N4O/c29-17-16-26(28(33)30-22-23-10-4-1-5-11-23)31-18-20-32(21-19-31)27(24-12-6-2-7-13-24)25-14-8-3-9-15-25/h1-15,26-27H,16-22,29H2,(H,30,33). The van der Waals surface area contributed by atoms with Crippen molar-refractivity contribution in [3.05, 3.63) is 108 Å². The largest absolute Gasteiger partial charge is 0.351 e. The van der Waals surface area contributed by atoms with Gasteiger partial charge in [0.2, 0.25) is 5.91 Å². The number of carbonyl (C=O) groups is 1. The Hall–Kier alpha value is -2.99. The molecule has 1 atom stereocenters. The van der Waals surface area contributed by atoms with Gasteiger partial charge >= 0.3 is 0 Å². The van der Waals surface area contributed by atoms with Crippen LogP contribution in [-0.4, -0.2) is 54.5 Å². The molecule has 0 saturated carbocycles. The fraction of sp³-hybridized carbons (Fsp3) is 0.321. The van der Waals surface area contributed by atoms with Gasteiger partial charge in [0.25, 0.3) is 0 Å². The normalized spacial score (nSPS) is 15.9. The average Bonchev–Trinajstić information content (AvgIpc) is 2.88. The van der Waals surface area contributed by atoms with E-state index in [1.165, 1.54) is 11.1 Å². The molecule has 5 heteroatoms. The Morgan fingerprint density at radius 2 is 1.24 bits per heavy atom. The van der Waals surface area contributed by atoms with Crippen LogP contribution >= 0.6 is 0 Å². The summed E-state index contributed by atoms with van der Waals surface area (Å²) in [6, 6.07) is 31.5. The zero-order chi connectivity index (χ0) is 22.9. The van der Waals surface area contributed by atoms with E-state index in [4.69, 9.17) is 5.73 Å². The Balaban J connectivity index is 1.42. The third kappa shape index (κ3) is 6.08. The SMILES string of the molecule is NCCC(C(=O)NCc1ccccc1)N1CCN(C(c2ccccc2)c2ccccc2)CC1. The van der Waals surface area contributed by atoms with Gasteiger partial charge in [-0.05, 0) is 29.7 Å². The number of amides is 1. The highest BCUT2D eigenvalue weighted by Crippen LogP contribution is 2.29. The van der Waals surface area contributed by atoms with Gasteiger partial charge in [0.15, 0.2) is 0 Å². The van der Waals surface area contributed by atoms with Crippen LogP contribution in [0.2, 0.25) is 0 Å². The fourth-order valence-corrected chi connectivity index (χ4v) is 4.73. The van der Waals surface area contributed by atoms with Crippen LogP contribution in [-0.2, 0) is 11.3 Å². The molecule has 3 N–H and O–H groups in total. The van der Waals surface area contributed by atoms with Crippen molar-refractivity contribution in [2.24, 2.45) is 5.73 Å². The highest BCUT2D eigenvalue weighted by molar-refractivity contribution is 5.81. The molecule has 0 bridgehead atoms. The number of rotatable bonds is 9. The maximum Gasteiger partial charge on any atom is 0.237 e. The molecule has 0 radical (unpaired) electrons. The number of piperazine rings is 1. The predicted octanol–water partition coefficient (Wildman–Crippen LogP) is 3.43. The molecule has 5 nitrogen and oxygen atoms in total. The molecule has 3 aromatic carbocycles. The summed E-state index contributed by atoms with van der Waals surface area (Å²) >= 11 is 0. The zero-order valence-electron chi connectivity index (χ0n) is 19.1. The predicted molar refractivity (Wildman–Crippen MR) is 134 cm³/mol. The van der Waals surface area contributed by atoms with Crippen molar-refractivity contribution in [2.75, 3.05) is 32.7 Å². The number of nitrogens with two attached hydrogens (primary N) is 1. The molecule has 0 aliphatic carbocycles. The van der Waals surface area contributed by atoms with Gasteiger partial charge < -0.3 is 11.1 Å². The molecule has 1 heterocycles. The Labute approximate surface area is 197 Å². The van der Waals surface area contributed by atoms with Gasteiger partial charge in [0, 0.05) is 32.7 Å². The van der Waals surface area contributed by atoms with E-state index in [2.05, 4.69) is 75.8 Å². The third-order valence-corrected chi connectivity index (χ3v) is 6.44. The number of benzene rings is 3. The van der Waals surface area contributed by atoms with Crippen LogP contribution in [0.4, 0.5) is 0 Å². The number of nitrogens with zero attached hydrogens (tertiary/aromatic N) is 2. The summed E-state index contributed by atoms with van der Waals surface area (Å²) in [6.45, 7) is 4.55. The van der Waals surface area contributed by atoms with Crippen LogP contribution < -0.4 is 11.1 Å². The van der Waals surface area contributed by atoms with Gasteiger partial charge in [-0.2, -0.15) is 0 Å². The van der Waals surface area contributed by atoms with E-state index in [-0.39, 0.29) is 18.0 Å². The molecule has 33 heavy (non-hydrogen) atoms. The molecule has 1 amide bonds. The molecule has 4 rings (SSSR count). The Kier molecular flexibility index (Phi) is 8.25. The van der Waals surface area contributed by atoms with Crippen LogP contribution in [0.25, 0.3) is 0 Å². The molecule has 172 valence electrons. The monoisotopic (exact) mass is 442 g/mol. The lowest BCUT2D eigenvalue weighted by Gasteiger charge is -2.42. The van der Waals surface area contributed by atoms with Crippen LogP contribution in [0.5, 0.6) is 0 Å². The van der Waals surface area contributed by atoms with Crippen molar-refractivity contribution in [2.45, 2.75) is 25.0 Å². The molecular formula is C28H34N4O. The summed E-state index contributed by atoms with van der Waals surface area (Å²) in [4.78, 5) is 17.9. The fourth-order valence-electron chi connectivity index (χ4n) is 4.73. The van der Waals surface area contributed by atoms with E-state index in [1.807, 2.05) is 30.3 Å². The van der Waals surface area contributed by atoms with E-state index >= 15 is 0 Å². The quantitative estimate of drug-likeness (QED) is 0.533. The molecule has 0 aromatic heterocycles. The zero-order valence-corrected chi connectivity index (χ0v) is 19.1. The van der Waals surface area contributed by atoms with E-state index < -0.39 is 0 Å². The van der Waals surface area contributed by atoms with Gasteiger partial charge in [-0.3, -0.25) is 14.6 Å². The Bertz CT molecular complexity index is 933. The van der Waals surface area contributed by atoms with E-state index in [0.717, 1.165) is 31.7 Å². The van der Waals surface area contributed by atoms with Gasteiger partial charge in [-0.25, -0.2) is 0 Å². The van der Waals surface area contributed by atoms with Crippen molar-refractivity contribution in [1.82, 2.24) is 15.1 Å². The minimum atomic E-state index is -0.187. The first-order valence-corrected chi connectivity index (χ1v) is 11.9. The lowest BCUT2D eigenvalue weighted by Crippen LogP contribution is -2.55. The molecule has 0 spiro atoms. The minimum Gasteiger partial charge on any atom is -0.351 e. The summed E-state index contributed by atoms with van der Waals surface area (Å²) < 4.78 is 0. The topological polar surface area (TPSA) is 61.6 Å². The summed E-state index contributed by atoms with van der Waals surface area (Å²) in [5.74, 6) is 0.0698. The minimum absolute atomic E-state index is 0.0698. The summed E-state index contributed by atoms with van der Waals surface area (Å²) in [6.07, 6.45) is 0.668. The van der Waals surface area contributed by atoms with E-state index in [1.54, 1.807) is 0 Å². The Morgan fingerprint density at radius 1 is 0.758 bits per heavy atom. The van der Waals surface area contributed by atoms with Crippen molar-refractivity contribution in [3.63, 3.8) is 0 Å². The highest BCUT2D eigenvalue weighted by Gasteiger charge is 2.31. The summed E-state index contributed by atoms with van der Waals surface area (Å²) in [7, 11) is 0. The van der Waals surface area contributed by atoms with Crippen LogP contribution in [0, 0.1) is 0 Å². The number of nitrogens with one attached hydrogen (secondary N) is 1. The molecule has 1 unspecified atom stereocenters. The third-order valence-electron chi connectivity index (χ3n) is 6.44. The first-order chi connectivity index (χ1) is 16.3. The highest BCUT2D eigenvalue weighted by atomic mass is 16.2. The lowest BCUT2D eigenvalue weighted by molar-refractivity contribution is -0.127. The molecule has 1 saturated heterocycles. The maximum atomic E-state index is 13.0. The molecular weight excluding hydrogens is 408 g/mol. The van der Waals surface area contributed by atoms with Gasteiger partial charge in [-0.1, -0.05) is 91.0 Å². The smallest absolute Gasteiger partial charge is 0.237 e. The summed E-state index contributed by atoms with van der Waals surface area (Å²) in [5, 5.41) is 3.12. The van der Waals surface area contributed by atoms with Crippen molar-refractivity contribution < 1.29 is 4.79 Å². The molecule has 1 aliphatic rings. The van der Waals surface area contributed by atoms with Crippen LogP contribution in [0.3, 0.4) is 0 Å². The van der Waals surface area contributed by atoms with E-state index in [0.29, 0.717) is 19.5 Å². The second-order valence-electron chi connectivity index (χ2n) is 8.59. The second-order valence-corrected chi connectivity index (χ2v) is 8.59. The number of hydrogen-bond acceptors (Lipinski definition) is 4. The van der Waals surface area contributed by atoms with Crippen LogP contribution in [0.15, 0.2) is 91.0 Å². The maximum absolute atomic E-state index is 13.0. The van der Waals surface area contributed by atoms with Gasteiger partial charge in [0.05, 0.1) is 12.1 Å². The Morgan fingerprint density at radius 3 is 1.76 bits per heavy atom. The van der Waals surface area contributed by atoms with Crippen molar-refractivity contribution in [1.29, 1.82) is 0 Å². The summed E-state index contributed by atoms with van der Waals surface area (Å²) in [5.41, 5.74) is 9.60. The van der Waals surface area contributed by atoms with Gasteiger partial charge in [0.1, 0.15) is 0 Å². The first kappa shape index (κ1) is 23.2. The number of hydrogen-bond donors (Lipinski definition) is 2. The molecule has 1 fully saturated rings. The van der Waals surface area contributed by atoms with Crippen molar-refractivity contribution in [3.8, 4) is 0 Å². The molecule has 1 aliphatic heterocycles.